The van der Waals surface area contributed by atoms with E-state index in [2.05, 4.69) is 37.4 Å². The fourth-order valence-corrected chi connectivity index (χ4v) is 4.76. The van der Waals surface area contributed by atoms with Crippen LogP contribution < -0.4 is 14.8 Å². The molecule has 2 atom stereocenters. The van der Waals surface area contributed by atoms with Crippen molar-refractivity contribution in [2.24, 2.45) is 5.92 Å². The number of rotatable bonds is 22. The van der Waals surface area contributed by atoms with E-state index >= 15 is 0 Å². The number of nitrogens with one attached hydrogen (secondary N) is 1. The Bertz CT molecular complexity index is 975. The van der Waals surface area contributed by atoms with E-state index < -0.39 is 6.10 Å². The van der Waals surface area contributed by atoms with Crippen molar-refractivity contribution in [3.05, 3.63) is 53.6 Å². The van der Waals surface area contributed by atoms with Gasteiger partial charge in [0.2, 0.25) is 0 Å². The molecule has 2 aromatic carbocycles. The van der Waals surface area contributed by atoms with E-state index in [1.54, 1.807) is 14.0 Å². The maximum Gasteiger partial charge on any atom is 0.161 e. The number of carbonyl (C=O) groups excluding carboxylic acids is 1. The van der Waals surface area contributed by atoms with Gasteiger partial charge in [0.15, 0.2) is 11.5 Å². The van der Waals surface area contributed by atoms with E-state index in [9.17, 15) is 15.0 Å². The lowest BCUT2D eigenvalue weighted by Crippen LogP contribution is -2.15. The molecule has 0 saturated heterocycles. The summed E-state index contributed by atoms with van der Waals surface area (Å²) < 4.78 is 11.4. The average molecular weight is 556 g/mol. The fraction of sp³-hybridized carbons (Fsp3) is 0.618. The number of anilines is 1. The van der Waals surface area contributed by atoms with Crippen molar-refractivity contribution < 1.29 is 24.5 Å². The SMILES string of the molecule is COc1ccc(CCC(=O)CC(O)CCCCCCCc2cccc(NCC(C)O)c2)cc1OCCCC(C)C. The van der Waals surface area contributed by atoms with Crippen molar-refractivity contribution in [2.75, 3.05) is 25.6 Å². The van der Waals surface area contributed by atoms with Gasteiger partial charge in [-0.25, -0.2) is 0 Å². The van der Waals surface area contributed by atoms with Crippen molar-refractivity contribution in [1.82, 2.24) is 0 Å². The molecule has 0 radical (unpaired) electrons. The summed E-state index contributed by atoms with van der Waals surface area (Å²) in [6.07, 6.45) is 9.67. The van der Waals surface area contributed by atoms with Crippen LogP contribution in [-0.4, -0.2) is 48.5 Å². The lowest BCUT2D eigenvalue weighted by atomic mass is 10.00. The zero-order valence-corrected chi connectivity index (χ0v) is 25.3. The van der Waals surface area contributed by atoms with Crippen molar-refractivity contribution in [3.8, 4) is 11.5 Å². The summed E-state index contributed by atoms with van der Waals surface area (Å²) in [5.74, 6) is 2.20. The first kappa shape index (κ1) is 33.6. The molecule has 2 aromatic rings. The second kappa shape index (κ2) is 19.5. The van der Waals surface area contributed by atoms with Gasteiger partial charge < -0.3 is 25.0 Å². The Morgan fingerprint density at radius 1 is 0.850 bits per heavy atom. The highest BCUT2D eigenvalue weighted by Crippen LogP contribution is 2.29. The summed E-state index contributed by atoms with van der Waals surface area (Å²) in [6.45, 7) is 7.40. The van der Waals surface area contributed by atoms with Crippen LogP contribution in [0.3, 0.4) is 0 Å². The van der Waals surface area contributed by atoms with Gasteiger partial charge in [0, 0.05) is 25.1 Å². The average Bonchev–Trinajstić information content (AvgIpc) is 2.92. The number of aliphatic hydroxyl groups excluding tert-OH is 2. The zero-order chi connectivity index (χ0) is 29.2. The number of Topliss-reactive ketones (excluding diaryl/α,β-unsaturated/α-hetero) is 1. The maximum absolute atomic E-state index is 12.5. The number of ketones is 1. The molecule has 0 amide bonds. The molecule has 0 saturated carbocycles. The molecule has 6 nitrogen and oxygen atoms in total. The first-order valence-corrected chi connectivity index (χ1v) is 15.3. The Morgan fingerprint density at radius 3 is 2.35 bits per heavy atom. The van der Waals surface area contributed by atoms with Gasteiger partial charge in [-0.3, -0.25) is 4.79 Å². The molecular formula is C34H53NO5. The van der Waals surface area contributed by atoms with Crippen molar-refractivity contribution in [3.63, 3.8) is 0 Å². The molecule has 0 aliphatic carbocycles. The third-order valence-electron chi connectivity index (χ3n) is 7.10. The van der Waals surface area contributed by atoms with Gasteiger partial charge in [0.25, 0.3) is 0 Å². The molecule has 0 aliphatic rings. The quantitative estimate of drug-likeness (QED) is 0.134. The zero-order valence-electron chi connectivity index (χ0n) is 25.3. The lowest BCUT2D eigenvalue weighted by Gasteiger charge is -2.13. The number of aliphatic hydroxyl groups is 2. The van der Waals surface area contributed by atoms with Crippen LogP contribution in [0, 0.1) is 5.92 Å². The standard InChI is InChI=1S/C34H53NO5/c1-26(2)12-11-21-40-34-23-29(18-20-33(34)39-4)17-19-32(38)24-31(37)16-9-7-5-6-8-13-28-14-10-15-30(22-28)35-25-27(3)36/h10,14-15,18,20,22-23,26-27,31,35-37H,5-9,11-13,16-17,19,21,24-25H2,1-4H3. The Kier molecular flexibility index (Phi) is 16.4. The number of aryl methyl sites for hydroxylation is 2. The third-order valence-corrected chi connectivity index (χ3v) is 7.10. The Hall–Kier alpha value is -2.57. The topological polar surface area (TPSA) is 88.0 Å². The molecule has 6 heteroatoms. The monoisotopic (exact) mass is 555 g/mol. The van der Waals surface area contributed by atoms with E-state index in [4.69, 9.17) is 9.47 Å². The van der Waals surface area contributed by atoms with Crippen molar-refractivity contribution in [2.45, 2.75) is 110 Å². The molecule has 224 valence electrons. The second-order valence-electron chi connectivity index (χ2n) is 11.5. The fourth-order valence-electron chi connectivity index (χ4n) is 4.76. The van der Waals surface area contributed by atoms with Crippen LogP contribution in [0.5, 0.6) is 11.5 Å². The van der Waals surface area contributed by atoms with Crippen molar-refractivity contribution in [1.29, 1.82) is 0 Å². The van der Waals surface area contributed by atoms with Gasteiger partial charge in [-0.2, -0.15) is 0 Å². The summed E-state index contributed by atoms with van der Waals surface area (Å²) in [4.78, 5) is 12.5. The number of methoxy groups -OCH3 is 1. The minimum Gasteiger partial charge on any atom is -0.493 e. The molecule has 0 aliphatic heterocycles. The minimum atomic E-state index is -0.555. The largest absolute Gasteiger partial charge is 0.493 e. The number of unbranched alkanes of at least 4 members (excludes halogenated alkanes) is 4. The molecule has 2 rings (SSSR count). The first-order chi connectivity index (χ1) is 19.3. The molecule has 3 N–H and O–H groups in total. The maximum atomic E-state index is 12.5. The normalized spacial score (nSPS) is 12.8. The van der Waals surface area contributed by atoms with Crippen LogP contribution in [0.4, 0.5) is 5.69 Å². The number of ether oxygens (including phenoxy) is 2. The van der Waals surface area contributed by atoms with Crippen LogP contribution in [0.1, 0.15) is 96.1 Å². The number of hydrogen-bond acceptors (Lipinski definition) is 6. The van der Waals surface area contributed by atoms with Gasteiger partial charge in [-0.15, -0.1) is 0 Å². The van der Waals surface area contributed by atoms with Gasteiger partial charge in [0.05, 0.1) is 25.9 Å². The molecule has 0 aromatic heterocycles. The van der Waals surface area contributed by atoms with Crippen LogP contribution >= 0.6 is 0 Å². The molecule has 0 spiro atoms. The van der Waals surface area contributed by atoms with Crippen LogP contribution in [-0.2, 0) is 17.6 Å². The molecule has 40 heavy (non-hydrogen) atoms. The van der Waals surface area contributed by atoms with Crippen LogP contribution in [0.15, 0.2) is 42.5 Å². The number of benzene rings is 2. The molecule has 0 bridgehead atoms. The van der Waals surface area contributed by atoms with E-state index in [-0.39, 0.29) is 18.3 Å². The highest BCUT2D eigenvalue weighted by Gasteiger charge is 2.12. The molecule has 0 fully saturated rings. The smallest absolute Gasteiger partial charge is 0.161 e. The predicted molar refractivity (Wildman–Crippen MR) is 165 cm³/mol. The molecule has 2 unspecified atom stereocenters. The summed E-state index contributed by atoms with van der Waals surface area (Å²) in [5.41, 5.74) is 3.41. The van der Waals surface area contributed by atoms with E-state index in [0.29, 0.717) is 44.1 Å². The summed E-state index contributed by atoms with van der Waals surface area (Å²) in [5, 5.41) is 23.0. The van der Waals surface area contributed by atoms with E-state index in [1.165, 1.54) is 5.56 Å². The van der Waals surface area contributed by atoms with E-state index in [0.717, 1.165) is 68.4 Å². The second-order valence-corrected chi connectivity index (χ2v) is 11.5. The van der Waals surface area contributed by atoms with Gasteiger partial charge >= 0.3 is 0 Å². The Balaban J connectivity index is 1.58. The summed E-state index contributed by atoms with van der Waals surface area (Å²) in [7, 11) is 1.64. The highest BCUT2D eigenvalue weighted by atomic mass is 16.5. The molecule has 0 heterocycles. The summed E-state index contributed by atoms with van der Waals surface area (Å²) in [6, 6.07) is 14.3. The third kappa shape index (κ3) is 14.7. The van der Waals surface area contributed by atoms with Crippen molar-refractivity contribution >= 4 is 11.5 Å². The lowest BCUT2D eigenvalue weighted by molar-refractivity contribution is -0.121. The first-order valence-electron chi connectivity index (χ1n) is 15.3. The summed E-state index contributed by atoms with van der Waals surface area (Å²) >= 11 is 0. The van der Waals surface area contributed by atoms with Crippen LogP contribution in [0.2, 0.25) is 0 Å². The van der Waals surface area contributed by atoms with Gasteiger partial charge in [0.1, 0.15) is 5.78 Å². The Labute approximate surface area is 242 Å². The Morgan fingerprint density at radius 2 is 1.60 bits per heavy atom. The van der Waals surface area contributed by atoms with Gasteiger partial charge in [-0.05, 0) is 86.8 Å². The van der Waals surface area contributed by atoms with Crippen LogP contribution in [0.25, 0.3) is 0 Å². The highest BCUT2D eigenvalue weighted by molar-refractivity contribution is 5.79. The predicted octanol–water partition coefficient (Wildman–Crippen LogP) is 7.14. The number of carbonyl (C=O) groups is 1. The number of hydrogen-bond donors (Lipinski definition) is 3. The molecular weight excluding hydrogens is 502 g/mol. The minimum absolute atomic E-state index is 0.105. The van der Waals surface area contributed by atoms with Gasteiger partial charge in [-0.1, -0.05) is 57.7 Å². The van der Waals surface area contributed by atoms with E-state index in [1.807, 2.05) is 24.3 Å².